The number of nitrogens with one attached hydrogen (secondary N) is 2. The molecule has 2 amide bonds. The lowest BCUT2D eigenvalue weighted by molar-refractivity contribution is 0.0519. The van der Waals surface area contributed by atoms with Gasteiger partial charge in [-0.3, -0.25) is 9.78 Å². The molecule has 0 aliphatic carbocycles. The third-order valence-corrected chi connectivity index (χ3v) is 4.22. The first-order valence-corrected chi connectivity index (χ1v) is 9.21. The predicted molar refractivity (Wildman–Crippen MR) is 104 cm³/mol. The monoisotopic (exact) mass is 386 g/mol. The highest BCUT2D eigenvalue weighted by atomic mass is 16.5. The van der Waals surface area contributed by atoms with Crippen molar-refractivity contribution in [2.45, 2.75) is 34.2 Å². The number of aromatic amines is 1. The fourth-order valence-electron chi connectivity index (χ4n) is 2.98. The molecule has 2 N–H and O–H groups in total. The van der Waals surface area contributed by atoms with Crippen molar-refractivity contribution >= 4 is 17.8 Å². The van der Waals surface area contributed by atoms with Crippen molar-refractivity contribution in [3.63, 3.8) is 0 Å². The summed E-state index contributed by atoms with van der Waals surface area (Å²) >= 11 is 0. The van der Waals surface area contributed by atoms with Crippen LogP contribution >= 0.6 is 0 Å². The summed E-state index contributed by atoms with van der Waals surface area (Å²) in [4.78, 5) is 46.0. The number of esters is 1. The fraction of sp³-hybridized carbons (Fsp3) is 0.400. The number of hydrogen-bond acceptors (Lipinski definition) is 5. The lowest BCUT2D eigenvalue weighted by atomic mass is 10.1. The van der Waals surface area contributed by atoms with E-state index in [0.29, 0.717) is 29.1 Å². The summed E-state index contributed by atoms with van der Waals surface area (Å²) in [6, 6.07) is 5.06. The zero-order valence-corrected chi connectivity index (χ0v) is 16.7. The maximum absolute atomic E-state index is 13.0. The summed E-state index contributed by atoms with van der Waals surface area (Å²) in [5.74, 6) is -0.764. The molecule has 0 aromatic carbocycles. The van der Waals surface area contributed by atoms with Crippen LogP contribution in [0.15, 0.2) is 24.4 Å². The van der Waals surface area contributed by atoms with E-state index in [1.54, 1.807) is 39.1 Å². The molecule has 8 heteroatoms. The number of carbonyl (C=O) groups is 3. The largest absolute Gasteiger partial charge is 0.461 e. The maximum Gasteiger partial charge on any atom is 0.355 e. The molecule has 0 atom stereocenters. The number of urea groups is 1. The molecule has 0 bridgehead atoms. The highest BCUT2D eigenvalue weighted by molar-refractivity contribution is 6.04. The minimum atomic E-state index is -0.504. The number of Topliss-reactive ketones (excluding diaryl/α,β-unsaturated/α-hetero) is 1. The van der Waals surface area contributed by atoms with E-state index in [9.17, 15) is 14.4 Å². The van der Waals surface area contributed by atoms with Crippen LogP contribution in [0.5, 0.6) is 0 Å². The van der Waals surface area contributed by atoms with Gasteiger partial charge in [-0.2, -0.15) is 0 Å². The second-order valence-electron chi connectivity index (χ2n) is 6.28. The normalized spacial score (nSPS) is 10.4. The number of rotatable bonds is 8. The van der Waals surface area contributed by atoms with Crippen LogP contribution in [0, 0.1) is 13.8 Å². The van der Waals surface area contributed by atoms with Gasteiger partial charge in [-0.15, -0.1) is 0 Å². The zero-order valence-electron chi connectivity index (χ0n) is 16.7. The van der Waals surface area contributed by atoms with Crippen molar-refractivity contribution in [3.05, 3.63) is 52.6 Å². The van der Waals surface area contributed by atoms with Crippen molar-refractivity contribution in [1.29, 1.82) is 0 Å². The Morgan fingerprint density at radius 2 is 1.96 bits per heavy atom. The summed E-state index contributed by atoms with van der Waals surface area (Å²) in [5.41, 5.74) is 2.43. The van der Waals surface area contributed by atoms with Gasteiger partial charge in [-0.1, -0.05) is 6.07 Å². The molecule has 0 saturated heterocycles. The van der Waals surface area contributed by atoms with Crippen LogP contribution in [-0.2, 0) is 11.3 Å². The molecular weight excluding hydrogens is 360 g/mol. The highest BCUT2D eigenvalue weighted by Crippen LogP contribution is 2.20. The number of aromatic nitrogens is 2. The van der Waals surface area contributed by atoms with E-state index >= 15 is 0 Å². The molecule has 8 nitrogen and oxygen atoms in total. The number of aryl methyl sites for hydroxylation is 1. The van der Waals surface area contributed by atoms with Crippen molar-refractivity contribution < 1.29 is 19.1 Å². The summed E-state index contributed by atoms with van der Waals surface area (Å²) in [6.45, 7) is 7.70. The SMILES string of the molecule is CCNC(=O)N(CC(=O)c1c(C)[nH]c(C(=O)OCC)c1C)Cc1ccccn1. The van der Waals surface area contributed by atoms with E-state index in [1.165, 1.54) is 4.90 Å². The molecule has 0 aliphatic heterocycles. The van der Waals surface area contributed by atoms with Crippen molar-refractivity contribution in [2.75, 3.05) is 19.7 Å². The van der Waals surface area contributed by atoms with Gasteiger partial charge < -0.3 is 19.9 Å². The van der Waals surface area contributed by atoms with Crippen LogP contribution in [-0.4, -0.2) is 52.3 Å². The minimum absolute atomic E-state index is 0.135. The molecule has 2 aromatic rings. The van der Waals surface area contributed by atoms with Crippen LogP contribution in [0.2, 0.25) is 0 Å². The lowest BCUT2D eigenvalue weighted by Gasteiger charge is -2.22. The topological polar surface area (TPSA) is 104 Å². The molecular formula is C20H26N4O4. The van der Waals surface area contributed by atoms with Crippen LogP contribution in [0.4, 0.5) is 4.79 Å². The molecule has 0 fully saturated rings. The fourth-order valence-corrected chi connectivity index (χ4v) is 2.98. The van der Waals surface area contributed by atoms with Gasteiger partial charge in [0.1, 0.15) is 5.69 Å². The standard InChI is InChI=1S/C20H26N4O4/c1-5-21-20(27)24(11-15-9-7-8-10-22-15)12-16(25)17-13(3)18(23-14(17)4)19(26)28-6-2/h7-10,23H,5-6,11-12H2,1-4H3,(H,21,27). The summed E-state index contributed by atoms with van der Waals surface area (Å²) in [6.07, 6.45) is 1.64. The van der Waals surface area contributed by atoms with Gasteiger partial charge in [0.15, 0.2) is 5.78 Å². The van der Waals surface area contributed by atoms with E-state index < -0.39 is 5.97 Å². The maximum atomic E-state index is 13.0. The van der Waals surface area contributed by atoms with E-state index in [-0.39, 0.29) is 37.2 Å². The summed E-state index contributed by atoms with van der Waals surface area (Å²) in [7, 11) is 0. The van der Waals surface area contributed by atoms with Crippen LogP contribution in [0.3, 0.4) is 0 Å². The number of ether oxygens (including phenoxy) is 1. The Morgan fingerprint density at radius 1 is 1.21 bits per heavy atom. The zero-order chi connectivity index (χ0) is 20.7. The first-order chi connectivity index (χ1) is 13.4. The Bertz CT molecular complexity index is 845. The Hall–Kier alpha value is -3.16. The average Bonchev–Trinajstić information content (AvgIpc) is 2.97. The molecule has 0 saturated carbocycles. The molecule has 0 radical (unpaired) electrons. The van der Waals surface area contributed by atoms with Gasteiger partial charge in [-0.25, -0.2) is 9.59 Å². The van der Waals surface area contributed by atoms with E-state index in [0.717, 1.165) is 0 Å². The minimum Gasteiger partial charge on any atom is -0.461 e. The van der Waals surface area contributed by atoms with Crippen LogP contribution in [0.25, 0.3) is 0 Å². The Labute approximate surface area is 164 Å². The molecule has 2 aromatic heterocycles. The van der Waals surface area contributed by atoms with Gasteiger partial charge in [0.05, 0.1) is 25.4 Å². The number of hydrogen-bond donors (Lipinski definition) is 2. The highest BCUT2D eigenvalue weighted by Gasteiger charge is 2.25. The average molecular weight is 386 g/mol. The number of amides is 2. The van der Waals surface area contributed by atoms with Gasteiger partial charge in [-0.05, 0) is 45.4 Å². The summed E-state index contributed by atoms with van der Waals surface area (Å²) in [5, 5.41) is 2.72. The molecule has 0 unspecified atom stereocenters. The summed E-state index contributed by atoms with van der Waals surface area (Å²) < 4.78 is 5.02. The number of ketones is 1. The van der Waals surface area contributed by atoms with Crippen molar-refractivity contribution in [2.24, 2.45) is 0 Å². The van der Waals surface area contributed by atoms with Crippen molar-refractivity contribution in [3.8, 4) is 0 Å². The Kier molecular flexibility index (Phi) is 7.31. The van der Waals surface area contributed by atoms with Gasteiger partial charge in [0, 0.05) is 24.0 Å². The predicted octanol–water partition coefficient (Wildman–Crippen LogP) is 2.62. The second kappa shape index (κ2) is 9.68. The Morgan fingerprint density at radius 3 is 2.57 bits per heavy atom. The van der Waals surface area contributed by atoms with E-state index in [4.69, 9.17) is 4.74 Å². The number of nitrogens with zero attached hydrogens (tertiary/aromatic N) is 2. The number of pyridine rings is 1. The Balaban J connectivity index is 2.25. The van der Waals surface area contributed by atoms with Crippen molar-refractivity contribution in [1.82, 2.24) is 20.2 Å². The molecule has 150 valence electrons. The number of H-pyrrole nitrogens is 1. The quantitative estimate of drug-likeness (QED) is 0.536. The van der Waals surface area contributed by atoms with E-state index in [2.05, 4.69) is 15.3 Å². The van der Waals surface area contributed by atoms with Gasteiger partial charge in [0.25, 0.3) is 0 Å². The first-order valence-electron chi connectivity index (χ1n) is 9.21. The molecule has 0 spiro atoms. The van der Waals surface area contributed by atoms with Gasteiger partial charge >= 0.3 is 12.0 Å². The first kappa shape index (κ1) is 21.1. The van der Waals surface area contributed by atoms with Crippen LogP contribution in [0.1, 0.15) is 51.6 Å². The third kappa shape index (κ3) is 4.97. The van der Waals surface area contributed by atoms with E-state index in [1.807, 2.05) is 13.0 Å². The van der Waals surface area contributed by atoms with Gasteiger partial charge in [0.2, 0.25) is 0 Å². The van der Waals surface area contributed by atoms with Crippen LogP contribution < -0.4 is 5.32 Å². The third-order valence-electron chi connectivity index (χ3n) is 4.22. The molecule has 0 aliphatic rings. The smallest absolute Gasteiger partial charge is 0.355 e. The second-order valence-corrected chi connectivity index (χ2v) is 6.28. The molecule has 28 heavy (non-hydrogen) atoms. The lowest BCUT2D eigenvalue weighted by Crippen LogP contribution is -2.42. The molecule has 2 rings (SSSR count). The molecule has 2 heterocycles. The number of carbonyl (C=O) groups excluding carboxylic acids is 3.